The number of carbonyl (C=O) groups excluding carboxylic acids is 1. The smallest absolute Gasteiger partial charge is 0.332 e. The van der Waals surface area contributed by atoms with Gasteiger partial charge in [0.1, 0.15) is 0 Å². The first-order chi connectivity index (χ1) is 6.50. The van der Waals surface area contributed by atoms with E-state index in [2.05, 4.69) is 10.5 Å². The van der Waals surface area contributed by atoms with Crippen molar-refractivity contribution in [3.05, 3.63) is 0 Å². The van der Waals surface area contributed by atoms with Gasteiger partial charge in [-0.3, -0.25) is 4.79 Å². The molecule has 0 aromatic carbocycles. The van der Waals surface area contributed by atoms with Crippen molar-refractivity contribution in [1.82, 2.24) is 5.43 Å². The third-order valence-corrected chi connectivity index (χ3v) is 2.34. The molecule has 2 atom stereocenters. The summed E-state index contributed by atoms with van der Waals surface area (Å²) in [5, 5.41) is 12.5. The van der Waals surface area contributed by atoms with E-state index in [0.717, 1.165) is 0 Å². The van der Waals surface area contributed by atoms with Crippen molar-refractivity contribution < 1.29 is 14.7 Å². The number of carbonyl (C=O) groups is 2. The Hall–Kier alpha value is -1.59. The van der Waals surface area contributed by atoms with E-state index in [1.54, 1.807) is 0 Å². The molecule has 0 spiro atoms. The zero-order valence-corrected chi connectivity index (χ0v) is 7.86. The Bertz CT molecular complexity index is 288. The van der Waals surface area contributed by atoms with Crippen molar-refractivity contribution in [3.8, 4) is 0 Å². The molecule has 1 rings (SSSR count). The second-order valence-electron chi connectivity index (χ2n) is 3.48. The highest BCUT2D eigenvalue weighted by atomic mass is 16.4. The van der Waals surface area contributed by atoms with Crippen molar-refractivity contribution in [2.45, 2.75) is 19.8 Å². The maximum Gasteiger partial charge on any atom is 0.332 e. The maximum absolute atomic E-state index is 10.7. The summed E-state index contributed by atoms with van der Waals surface area (Å²) in [4.78, 5) is 21.1. The molecule has 1 aliphatic carbocycles. The lowest BCUT2D eigenvalue weighted by Gasteiger charge is -2.06. The minimum absolute atomic E-state index is 0.0564. The highest BCUT2D eigenvalue weighted by molar-refractivity contribution is 5.92. The zero-order valence-electron chi connectivity index (χ0n) is 7.86. The number of hydrogen-bond acceptors (Lipinski definition) is 3. The highest BCUT2D eigenvalue weighted by Gasteiger charge is 2.33. The molecule has 1 fully saturated rings. The van der Waals surface area contributed by atoms with E-state index in [1.165, 1.54) is 0 Å². The fourth-order valence-corrected chi connectivity index (χ4v) is 1.61. The van der Waals surface area contributed by atoms with Crippen molar-refractivity contribution >= 4 is 17.7 Å². The predicted octanol–water partition coefficient (Wildman–Crippen LogP) is 0.141. The third kappa shape index (κ3) is 2.45. The molecule has 0 aliphatic heterocycles. The molecule has 2 unspecified atom stereocenters. The van der Waals surface area contributed by atoms with Crippen molar-refractivity contribution in [2.75, 3.05) is 0 Å². The summed E-state index contributed by atoms with van der Waals surface area (Å²) in [5.41, 5.74) is 7.61. The van der Waals surface area contributed by atoms with Crippen molar-refractivity contribution in [3.63, 3.8) is 0 Å². The average Bonchev–Trinajstić information content (AvgIpc) is 2.43. The monoisotopic (exact) mass is 199 g/mol. The Kier molecular flexibility index (Phi) is 3.06. The van der Waals surface area contributed by atoms with E-state index in [1.807, 2.05) is 6.92 Å². The molecular weight excluding hydrogens is 186 g/mol. The first kappa shape index (κ1) is 10.5. The van der Waals surface area contributed by atoms with Gasteiger partial charge in [-0.2, -0.15) is 5.10 Å². The molecule has 1 aliphatic rings. The van der Waals surface area contributed by atoms with Crippen LogP contribution in [0.3, 0.4) is 0 Å². The van der Waals surface area contributed by atoms with Gasteiger partial charge in [0.25, 0.3) is 0 Å². The molecule has 0 heterocycles. The average molecular weight is 199 g/mol. The fourth-order valence-electron chi connectivity index (χ4n) is 1.61. The van der Waals surface area contributed by atoms with Crippen LogP contribution in [0.2, 0.25) is 0 Å². The number of nitrogens with one attached hydrogen (secondary N) is 1. The lowest BCUT2D eigenvalue weighted by molar-refractivity contribution is -0.142. The molecule has 0 aromatic rings. The lowest BCUT2D eigenvalue weighted by Crippen LogP contribution is -2.25. The van der Waals surface area contributed by atoms with Gasteiger partial charge in [-0.25, -0.2) is 10.2 Å². The summed E-state index contributed by atoms with van der Waals surface area (Å²) in [7, 11) is 0. The number of urea groups is 1. The number of nitrogens with zero attached hydrogens (tertiary/aromatic N) is 1. The van der Waals surface area contributed by atoms with Crippen LogP contribution < -0.4 is 11.2 Å². The number of aliphatic carboxylic acids is 1. The van der Waals surface area contributed by atoms with Crippen LogP contribution in [0.25, 0.3) is 0 Å². The zero-order chi connectivity index (χ0) is 10.7. The van der Waals surface area contributed by atoms with Gasteiger partial charge in [0.15, 0.2) is 0 Å². The minimum Gasteiger partial charge on any atom is -0.481 e. The van der Waals surface area contributed by atoms with Gasteiger partial charge in [-0.05, 0) is 12.3 Å². The van der Waals surface area contributed by atoms with Gasteiger partial charge >= 0.3 is 12.0 Å². The fraction of sp³-hybridized carbons (Fsp3) is 0.625. The molecule has 6 nitrogen and oxygen atoms in total. The third-order valence-electron chi connectivity index (χ3n) is 2.34. The van der Waals surface area contributed by atoms with Crippen molar-refractivity contribution in [1.29, 1.82) is 0 Å². The second-order valence-corrected chi connectivity index (χ2v) is 3.48. The predicted molar refractivity (Wildman–Crippen MR) is 49.7 cm³/mol. The Morgan fingerprint density at radius 1 is 1.57 bits per heavy atom. The first-order valence-electron chi connectivity index (χ1n) is 4.34. The molecule has 78 valence electrons. The molecule has 14 heavy (non-hydrogen) atoms. The Balaban J connectivity index is 2.58. The van der Waals surface area contributed by atoms with E-state index in [9.17, 15) is 9.59 Å². The summed E-state index contributed by atoms with van der Waals surface area (Å²) < 4.78 is 0. The van der Waals surface area contributed by atoms with Gasteiger partial charge in [-0.1, -0.05) is 6.92 Å². The lowest BCUT2D eigenvalue weighted by atomic mass is 9.99. The summed E-state index contributed by atoms with van der Waals surface area (Å²) >= 11 is 0. The van der Waals surface area contributed by atoms with E-state index in [-0.39, 0.29) is 5.92 Å². The number of amides is 2. The van der Waals surface area contributed by atoms with Gasteiger partial charge in [0.05, 0.1) is 5.92 Å². The van der Waals surface area contributed by atoms with Crippen LogP contribution in [0.1, 0.15) is 19.8 Å². The van der Waals surface area contributed by atoms with Crippen molar-refractivity contribution in [2.24, 2.45) is 22.7 Å². The maximum atomic E-state index is 10.7. The van der Waals surface area contributed by atoms with Gasteiger partial charge in [-0.15, -0.1) is 0 Å². The Morgan fingerprint density at radius 2 is 2.21 bits per heavy atom. The quantitative estimate of drug-likeness (QED) is 0.551. The topological polar surface area (TPSA) is 105 Å². The number of carboxylic acids is 1. The molecule has 0 saturated heterocycles. The number of nitrogens with two attached hydrogens (primary N) is 1. The number of carboxylic acid groups (broad SMARTS) is 1. The van der Waals surface area contributed by atoms with Crippen LogP contribution >= 0.6 is 0 Å². The van der Waals surface area contributed by atoms with Gasteiger partial charge in [0.2, 0.25) is 0 Å². The largest absolute Gasteiger partial charge is 0.481 e. The Labute approximate surface area is 81.2 Å². The molecule has 6 heteroatoms. The molecule has 2 amide bonds. The first-order valence-corrected chi connectivity index (χ1v) is 4.34. The number of primary amides is 1. The van der Waals surface area contributed by atoms with Gasteiger partial charge in [0, 0.05) is 12.1 Å². The van der Waals surface area contributed by atoms with E-state index >= 15 is 0 Å². The molecule has 4 N–H and O–H groups in total. The van der Waals surface area contributed by atoms with Crippen LogP contribution in [0, 0.1) is 11.8 Å². The normalized spacial score (nSPS) is 29.1. The molecular formula is C8H13N3O3. The molecule has 0 aromatic heterocycles. The molecule has 0 bridgehead atoms. The SMILES string of the molecule is CC1C/C(=N\NC(N)=O)CC1C(=O)O. The van der Waals surface area contributed by atoms with Gasteiger partial charge < -0.3 is 10.8 Å². The Morgan fingerprint density at radius 3 is 2.64 bits per heavy atom. The summed E-state index contributed by atoms with van der Waals surface area (Å²) in [6.07, 6.45) is 0.980. The second kappa shape index (κ2) is 4.08. The standard InChI is InChI=1S/C8H13N3O3/c1-4-2-5(10-11-8(9)14)3-6(4)7(12)13/h4,6H,2-3H2,1H3,(H,12,13)(H3,9,11,14)/b10-5+. The number of rotatable bonds is 2. The summed E-state index contributed by atoms with van der Waals surface area (Å²) in [6.45, 7) is 1.85. The number of hydrazone groups is 1. The van der Waals surface area contributed by atoms with E-state index in [0.29, 0.717) is 18.6 Å². The van der Waals surface area contributed by atoms with Crippen LogP contribution in [-0.4, -0.2) is 22.8 Å². The van der Waals surface area contributed by atoms with Crippen LogP contribution in [0.4, 0.5) is 4.79 Å². The molecule has 1 saturated carbocycles. The highest BCUT2D eigenvalue weighted by Crippen LogP contribution is 2.29. The summed E-state index contributed by atoms with van der Waals surface area (Å²) in [5.74, 6) is -1.16. The minimum atomic E-state index is -0.818. The van der Waals surface area contributed by atoms with Crippen LogP contribution in [0.15, 0.2) is 5.10 Å². The molecule has 0 radical (unpaired) electrons. The summed E-state index contributed by atoms with van der Waals surface area (Å²) in [6, 6.07) is -0.732. The van der Waals surface area contributed by atoms with Crippen LogP contribution in [-0.2, 0) is 4.79 Å². The van der Waals surface area contributed by atoms with E-state index < -0.39 is 17.9 Å². The van der Waals surface area contributed by atoms with E-state index in [4.69, 9.17) is 10.8 Å². The van der Waals surface area contributed by atoms with Crippen LogP contribution in [0.5, 0.6) is 0 Å². The number of hydrogen-bond donors (Lipinski definition) is 3.